The van der Waals surface area contributed by atoms with Crippen LogP contribution in [0.25, 0.3) is 0 Å². The summed E-state index contributed by atoms with van der Waals surface area (Å²) in [6.07, 6.45) is 11.9. The standard InChI is InChI=1S/C18H24N6O2/c1-3-4-10-18(22-23-18)11-13-19-16(26)17(8-5-6-9-17)21-15(25)14-7-12-20-24(14)2/h1,7,12H,4-6,8-11,13H2,2H3,(H,19,26)(H,21,25). The number of terminal acetylenes is 1. The summed E-state index contributed by atoms with van der Waals surface area (Å²) in [4.78, 5) is 25.4. The van der Waals surface area contributed by atoms with Crippen LogP contribution in [-0.4, -0.2) is 39.3 Å². The van der Waals surface area contributed by atoms with Crippen molar-refractivity contribution in [2.45, 2.75) is 56.1 Å². The van der Waals surface area contributed by atoms with Crippen molar-refractivity contribution in [3.63, 3.8) is 0 Å². The van der Waals surface area contributed by atoms with Gasteiger partial charge in [0.1, 0.15) is 11.2 Å². The molecule has 0 unspecified atom stereocenters. The molecule has 2 heterocycles. The summed E-state index contributed by atoms with van der Waals surface area (Å²) < 4.78 is 1.50. The number of nitrogens with one attached hydrogen (secondary N) is 2. The Kier molecular flexibility index (Phi) is 5.07. The smallest absolute Gasteiger partial charge is 0.270 e. The molecule has 3 rings (SSSR count). The third kappa shape index (κ3) is 3.77. The lowest BCUT2D eigenvalue weighted by Gasteiger charge is -2.29. The van der Waals surface area contributed by atoms with E-state index in [1.54, 1.807) is 19.3 Å². The van der Waals surface area contributed by atoms with E-state index in [4.69, 9.17) is 6.42 Å². The Morgan fingerprint density at radius 1 is 1.31 bits per heavy atom. The van der Waals surface area contributed by atoms with E-state index < -0.39 is 11.2 Å². The van der Waals surface area contributed by atoms with Gasteiger partial charge in [-0.05, 0) is 18.9 Å². The first-order valence-electron chi connectivity index (χ1n) is 8.97. The Labute approximate surface area is 152 Å². The second-order valence-electron chi connectivity index (χ2n) is 6.98. The average Bonchev–Trinajstić information content (AvgIpc) is 3.01. The van der Waals surface area contributed by atoms with E-state index in [2.05, 4.69) is 31.9 Å². The minimum absolute atomic E-state index is 0.140. The van der Waals surface area contributed by atoms with E-state index in [0.29, 0.717) is 44.3 Å². The lowest BCUT2D eigenvalue weighted by atomic mass is 9.95. The van der Waals surface area contributed by atoms with Crippen LogP contribution in [0.2, 0.25) is 0 Å². The fraction of sp³-hybridized carbons (Fsp3) is 0.611. The van der Waals surface area contributed by atoms with Crippen molar-refractivity contribution in [2.75, 3.05) is 6.54 Å². The number of aryl methyl sites for hydroxylation is 1. The fourth-order valence-electron chi connectivity index (χ4n) is 3.48. The summed E-state index contributed by atoms with van der Waals surface area (Å²) in [6, 6.07) is 1.64. The number of amides is 2. The average molecular weight is 356 g/mol. The Morgan fingerprint density at radius 3 is 2.62 bits per heavy atom. The molecule has 0 atom stereocenters. The number of carbonyl (C=O) groups excluding carboxylic acids is 2. The van der Waals surface area contributed by atoms with Crippen molar-refractivity contribution >= 4 is 11.8 Å². The predicted molar refractivity (Wildman–Crippen MR) is 95.2 cm³/mol. The van der Waals surface area contributed by atoms with Crippen molar-refractivity contribution in [3.8, 4) is 12.3 Å². The lowest BCUT2D eigenvalue weighted by molar-refractivity contribution is -0.127. The van der Waals surface area contributed by atoms with Crippen LogP contribution in [0.5, 0.6) is 0 Å². The van der Waals surface area contributed by atoms with Gasteiger partial charge in [0.2, 0.25) is 5.91 Å². The molecule has 0 radical (unpaired) electrons. The molecule has 8 nitrogen and oxygen atoms in total. The topological polar surface area (TPSA) is 101 Å². The van der Waals surface area contributed by atoms with E-state index >= 15 is 0 Å². The summed E-state index contributed by atoms with van der Waals surface area (Å²) in [5.74, 6) is 2.17. The van der Waals surface area contributed by atoms with Crippen molar-refractivity contribution in [1.29, 1.82) is 0 Å². The number of nitrogens with zero attached hydrogens (tertiary/aromatic N) is 4. The van der Waals surface area contributed by atoms with E-state index in [1.165, 1.54) is 4.68 Å². The molecule has 2 amide bonds. The van der Waals surface area contributed by atoms with E-state index in [-0.39, 0.29) is 11.8 Å². The Bertz CT molecular complexity index is 748. The first-order chi connectivity index (χ1) is 12.5. The molecular weight excluding hydrogens is 332 g/mol. The largest absolute Gasteiger partial charge is 0.354 e. The molecule has 1 aliphatic heterocycles. The van der Waals surface area contributed by atoms with Gasteiger partial charge in [-0.25, -0.2) is 0 Å². The van der Waals surface area contributed by atoms with Gasteiger partial charge >= 0.3 is 0 Å². The van der Waals surface area contributed by atoms with Gasteiger partial charge in [-0.2, -0.15) is 15.3 Å². The molecule has 1 aromatic heterocycles. The highest BCUT2D eigenvalue weighted by atomic mass is 16.2. The van der Waals surface area contributed by atoms with Gasteiger partial charge in [0, 0.05) is 39.1 Å². The maximum atomic E-state index is 12.8. The third-order valence-corrected chi connectivity index (χ3v) is 5.16. The zero-order chi connectivity index (χ0) is 18.6. The molecule has 0 spiro atoms. The number of rotatable bonds is 8. The van der Waals surface area contributed by atoms with Gasteiger partial charge in [0.15, 0.2) is 5.66 Å². The minimum Gasteiger partial charge on any atom is -0.354 e. The van der Waals surface area contributed by atoms with Gasteiger partial charge in [-0.3, -0.25) is 14.3 Å². The molecule has 8 heteroatoms. The monoisotopic (exact) mass is 356 g/mol. The Balaban J connectivity index is 1.57. The highest BCUT2D eigenvalue weighted by Gasteiger charge is 2.44. The highest BCUT2D eigenvalue weighted by Crippen LogP contribution is 2.36. The van der Waals surface area contributed by atoms with Gasteiger partial charge in [-0.1, -0.05) is 12.8 Å². The van der Waals surface area contributed by atoms with Crippen LogP contribution in [0.3, 0.4) is 0 Å². The number of hydrogen-bond donors (Lipinski definition) is 2. The summed E-state index contributed by atoms with van der Waals surface area (Å²) in [5.41, 5.74) is -0.834. The molecule has 0 saturated heterocycles. The van der Waals surface area contributed by atoms with Crippen LogP contribution in [0.15, 0.2) is 22.5 Å². The summed E-state index contributed by atoms with van der Waals surface area (Å²) >= 11 is 0. The first-order valence-corrected chi connectivity index (χ1v) is 8.97. The van der Waals surface area contributed by atoms with Crippen LogP contribution < -0.4 is 10.6 Å². The van der Waals surface area contributed by atoms with Gasteiger partial charge in [0.05, 0.1) is 0 Å². The lowest BCUT2D eigenvalue weighted by Crippen LogP contribution is -2.57. The Hall–Kier alpha value is -2.69. The Morgan fingerprint density at radius 2 is 2.04 bits per heavy atom. The molecule has 26 heavy (non-hydrogen) atoms. The molecule has 1 aliphatic carbocycles. The van der Waals surface area contributed by atoms with Crippen LogP contribution >= 0.6 is 0 Å². The maximum absolute atomic E-state index is 12.8. The summed E-state index contributed by atoms with van der Waals surface area (Å²) in [7, 11) is 1.70. The SMILES string of the molecule is C#CCCC1(CCNC(=O)C2(NC(=O)c3ccnn3C)CCCC2)N=N1. The highest BCUT2D eigenvalue weighted by molar-refractivity contribution is 5.98. The van der Waals surface area contributed by atoms with Gasteiger partial charge < -0.3 is 10.6 Å². The number of aromatic nitrogens is 2. The van der Waals surface area contributed by atoms with Crippen molar-refractivity contribution < 1.29 is 9.59 Å². The molecular formula is C18H24N6O2. The third-order valence-electron chi connectivity index (χ3n) is 5.16. The maximum Gasteiger partial charge on any atom is 0.270 e. The quantitative estimate of drug-likeness (QED) is 0.691. The second-order valence-corrected chi connectivity index (χ2v) is 6.98. The first kappa shape index (κ1) is 18.1. The zero-order valence-electron chi connectivity index (χ0n) is 15.0. The minimum atomic E-state index is -0.856. The summed E-state index contributed by atoms with van der Waals surface area (Å²) in [5, 5.41) is 18.1. The second kappa shape index (κ2) is 7.28. The fourth-order valence-corrected chi connectivity index (χ4v) is 3.48. The van der Waals surface area contributed by atoms with E-state index in [1.807, 2.05) is 0 Å². The molecule has 138 valence electrons. The molecule has 2 N–H and O–H groups in total. The summed E-state index contributed by atoms with van der Waals surface area (Å²) in [6.45, 7) is 0.458. The van der Waals surface area contributed by atoms with Crippen LogP contribution in [0.1, 0.15) is 55.4 Å². The molecule has 0 bridgehead atoms. The molecule has 2 aliphatic rings. The van der Waals surface area contributed by atoms with Crippen LogP contribution in [0, 0.1) is 12.3 Å². The van der Waals surface area contributed by atoms with Crippen molar-refractivity contribution in [3.05, 3.63) is 18.0 Å². The van der Waals surface area contributed by atoms with Gasteiger partial charge in [0.25, 0.3) is 5.91 Å². The predicted octanol–water partition coefficient (Wildman–Crippen LogP) is 1.54. The van der Waals surface area contributed by atoms with Crippen LogP contribution in [-0.2, 0) is 11.8 Å². The molecule has 1 aromatic rings. The number of carbonyl (C=O) groups is 2. The normalized spacial score (nSPS) is 18.9. The molecule has 1 fully saturated rings. The van der Waals surface area contributed by atoms with E-state index in [9.17, 15) is 9.59 Å². The number of hydrogen-bond acceptors (Lipinski definition) is 5. The van der Waals surface area contributed by atoms with Crippen molar-refractivity contribution in [2.24, 2.45) is 17.3 Å². The zero-order valence-corrected chi connectivity index (χ0v) is 15.0. The molecule has 1 saturated carbocycles. The van der Waals surface area contributed by atoms with Gasteiger partial charge in [-0.15, -0.1) is 12.3 Å². The van der Waals surface area contributed by atoms with Crippen molar-refractivity contribution in [1.82, 2.24) is 20.4 Å². The van der Waals surface area contributed by atoms with Crippen LogP contribution in [0.4, 0.5) is 0 Å². The van der Waals surface area contributed by atoms with E-state index in [0.717, 1.165) is 12.8 Å². The molecule has 0 aromatic carbocycles.